The van der Waals surface area contributed by atoms with Crippen molar-refractivity contribution in [3.05, 3.63) is 59.1 Å². The van der Waals surface area contributed by atoms with Gasteiger partial charge in [-0.25, -0.2) is 9.78 Å². The number of anilines is 1. The number of ether oxygens (including phenoxy) is 1. The molecule has 0 spiro atoms. The molecule has 2 aromatic carbocycles. The van der Waals surface area contributed by atoms with Crippen molar-refractivity contribution in [1.29, 1.82) is 0 Å². The van der Waals surface area contributed by atoms with Crippen LogP contribution in [0.4, 0.5) is 5.13 Å². The Kier molecular flexibility index (Phi) is 4.81. The van der Waals surface area contributed by atoms with Crippen LogP contribution in [0, 0.1) is 6.92 Å². The highest BCUT2D eigenvalue weighted by Gasteiger charge is 2.18. The van der Waals surface area contributed by atoms with Gasteiger partial charge in [-0.2, -0.15) is 0 Å². The summed E-state index contributed by atoms with van der Waals surface area (Å²) in [6.45, 7) is 1.36. The number of aryl methyl sites for hydroxylation is 1. The van der Waals surface area contributed by atoms with Crippen molar-refractivity contribution in [1.82, 2.24) is 20.2 Å². The van der Waals surface area contributed by atoms with Gasteiger partial charge in [0, 0.05) is 5.56 Å². The van der Waals surface area contributed by atoms with E-state index in [-0.39, 0.29) is 0 Å². The largest absolute Gasteiger partial charge is 0.452 e. The molecule has 0 radical (unpaired) electrons. The Morgan fingerprint density at radius 3 is 2.68 bits per heavy atom. The van der Waals surface area contributed by atoms with Crippen LogP contribution < -0.4 is 5.32 Å². The normalized spacial score (nSPS) is 10.8. The van der Waals surface area contributed by atoms with E-state index in [1.165, 1.54) is 11.3 Å². The van der Waals surface area contributed by atoms with E-state index in [9.17, 15) is 9.59 Å². The third-order valence-electron chi connectivity index (χ3n) is 3.90. The maximum atomic E-state index is 12.5. The van der Waals surface area contributed by atoms with Gasteiger partial charge in [-0.05, 0) is 25.1 Å². The molecule has 0 saturated carbocycles. The number of aromatic nitrogens is 4. The van der Waals surface area contributed by atoms with Crippen molar-refractivity contribution in [2.45, 2.75) is 6.92 Å². The molecule has 28 heavy (non-hydrogen) atoms. The van der Waals surface area contributed by atoms with Crippen LogP contribution in [-0.2, 0) is 9.53 Å². The molecule has 4 aromatic rings. The number of rotatable bonds is 5. The molecule has 8 nitrogen and oxygen atoms in total. The lowest BCUT2D eigenvalue weighted by molar-refractivity contribution is -0.119. The highest BCUT2D eigenvalue weighted by atomic mass is 32.1. The maximum Gasteiger partial charge on any atom is 0.339 e. The fourth-order valence-corrected chi connectivity index (χ4v) is 3.27. The number of hydrogen-bond donors (Lipinski definition) is 2. The molecule has 4 rings (SSSR count). The number of H-pyrrole nitrogens is 1. The van der Waals surface area contributed by atoms with Crippen LogP contribution in [-0.4, -0.2) is 38.6 Å². The zero-order valence-electron chi connectivity index (χ0n) is 14.8. The van der Waals surface area contributed by atoms with E-state index in [1.54, 1.807) is 25.1 Å². The lowest BCUT2D eigenvalue weighted by Crippen LogP contribution is -2.21. The van der Waals surface area contributed by atoms with Gasteiger partial charge in [0.05, 0.1) is 16.6 Å². The number of nitrogens with zero attached hydrogens (tertiary/aromatic N) is 3. The number of benzene rings is 2. The zero-order chi connectivity index (χ0) is 19.5. The molecule has 0 unspecified atom stereocenters. The average Bonchev–Trinajstić information content (AvgIpc) is 3.32. The Hall–Kier alpha value is -3.59. The van der Waals surface area contributed by atoms with Crippen LogP contribution in [0.5, 0.6) is 0 Å². The lowest BCUT2D eigenvalue weighted by atomic mass is 10.1. The predicted octanol–water partition coefficient (Wildman–Crippen LogP) is 3.19. The second-order valence-electron chi connectivity index (χ2n) is 5.90. The number of carbonyl (C=O) groups is 2. The third-order valence-corrected chi connectivity index (χ3v) is 4.65. The van der Waals surface area contributed by atoms with Crippen molar-refractivity contribution in [2.75, 3.05) is 11.9 Å². The summed E-state index contributed by atoms with van der Waals surface area (Å²) in [7, 11) is 0. The first-order valence-corrected chi connectivity index (χ1v) is 9.23. The van der Waals surface area contributed by atoms with Crippen LogP contribution in [0.3, 0.4) is 0 Å². The summed E-state index contributed by atoms with van der Waals surface area (Å²) in [5, 5.41) is 11.2. The summed E-state index contributed by atoms with van der Waals surface area (Å²) in [5.74, 6) is -0.534. The van der Waals surface area contributed by atoms with Crippen molar-refractivity contribution >= 4 is 39.4 Å². The van der Waals surface area contributed by atoms with E-state index in [4.69, 9.17) is 4.74 Å². The van der Waals surface area contributed by atoms with E-state index < -0.39 is 18.5 Å². The van der Waals surface area contributed by atoms with Crippen molar-refractivity contribution in [3.8, 4) is 11.4 Å². The van der Waals surface area contributed by atoms with E-state index in [1.807, 2.05) is 30.3 Å². The molecule has 1 amide bonds. The first-order valence-electron chi connectivity index (χ1n) is 8.41. The van der Waals surface area contributed by atoms with E-state index in [0.29, 0.717) is 22.1 Å². The van der Waals surface area contributed by atoms with Gasteiger partial charge in [0.25, 0.3) is 5.91 Å². The first kappa shape index (κ1) is 17.8. The van der Waals surface area contributed by atoms with Gasteiger partial charge in [0.2, 0.25) is 5.13 Å². The second kappa shape index (κ2) is 7.57. The lowest BCUT2D eigenvalue weighted by Gasteiger charge is -2.08. The second-order valence-corrected chi connectivity index (χ2v) is 7.08. The molecular weight excluding hydrogens is 378 g/mol. The minimum Gasteiger partial charge on any atom is -0.452 e. The minimum atomic E-state index is -0.611. The van der Waals surface area contributed by atoms with Gasteiger partial charge in [-0.15, -0.1) is 10.2 Å². The fraction of sp³-hybridized carbons (Fsp3) is 0.105. The number of nitrogens with one attached hydrogen (secondary N) is 2. The van der Waals surface area contributed by atoms with Crippen LogP contribution in [0.15, 0.2) is 48.5 Å². The summed E-state index contributed by atoms with van der Waals surface area (Å²) in [4.78, 5) is 32.2. The van der Waals surface area contributed by atoms with Gasteiger partial charge >= 0.3 is 5.97 Å². The topological polar surface area (TPSA) is 110 Å². The number of imidazole rings is 1. The molecule has 0 saturated heterocycles. The molecule has 9 heteroatoms. The van der Waals surface area contributed by atoms with Crippen LogP contribution in [0.1, 0.15) is 15.4 Å². The average molecular weight is 393 g/mol. The molecule has 0 aliphatic rings. The van der Waals surface area contributed by atoms with Crippen LogP contribution >= 0.6 is 11.3 Å². The molecule has 0 aliphatic carbocycles. The third kappa shape index (κ3) is 3.74. The highest BCUT2D eigenvalue weighted by Crippen LogP contribution is 2.24. The summed E-state index contributed by atoms with van der Waals surface area (Å²) in [6.07, 6.45) is 0. The number of carbonyl (C=O) groups excluding carboxylic acids is 2. The first-order chi connectivity index (χ1) is 13.6. The Bertz CT molecular complexity index is 1130. The predicted molar refractivity (Wildman–Crippen MR) is 105 cm³/mol. The summed E-state index contributed by atoms with van der Waals surface area (Å²) >= 11 is 1.24. The molecular formula is C19H15N5O3S. The molecule has 0 aliphatic heterocycles. The van der Waals surface area contributed by atoms with Gasteiger partial charge in [-0.1, -0.05) is 41.7 Å². The molecule has 2 heterocycles. The molecule has 2 N–H and O–H groups in total. The fourth-order valence-electron chi connectivity index (χ4n) is 2.66. The number of para-hydroxylation sites is 2. The van der Waals surface area contributed by atoms with Gasteiger partial charge in [0.15, 0.2) is 6.61 Å². The summed E-state index contributed by atoms with van der Waals surface area (Å²) < 4.78 is 5.17. The standard InChI is InChI=1S/C19H15N5O3S/c1-11-23-24-19(28-11)22-16(25)10-27-18(26)13-7-3-2-6-12(13)17-20-14-8-4-5-9-15(14)21-17/h2-9H,10H2,1H3,(H,20,21)(H,22,24,25). The van der Waals surface area contributed by atoms with Gasteiger partial charge in [-0.3, -0.25) is 10.1 Å². The van der Waals surface area contributed by atoms with E-state index in [2.05, 4.69) is 25.5 Å². The monoisotopic (exact) mass is 393 g/mol. The molecule has 0 atom stereocenters. The number of fused-ring (bicyclic) bond motifs is 1. The van der Waals surface area contributed by atoms with Gasteiger partial charge < -0.3 is 9.72 Å². The Labute approximate surface area is 163 Å². The minimum absolute atomic E-state index is 0.320. The maximum absolute atomic E-state index is 12.5. The van der Waals surface area contributed by atoms with E-state index >= 15 is 0 Å². The number of aromatic amines is 1. The molecule has 0 bridgehead atoms. The number of esters is 1. The molecule has 0 fully saturated rings. The smallest absolute Gasteiger partial charge is 0.339 e. The molecule has 140 valence electrons. The Morgan fingerprint density at radius 1 is 1.11 bits per heavy atom. The van der Waals surface area contributed by atoms with Crippen molar-refractivity contribution in [3.63, 3.8) is 0 Å². The Balaban J connectivity index is 1.49. The number of hydrogen-bond acceptors (Lipinski definition) is 7. The zero-order valence-corrected chi connectivity index (χ0v) is 15.6. The van der Waals surface area contributed by atoms with Crippen molar-refractivity contribution < 1.29 is 14.3 Å². The number of amides is 1. The van der Waals surface area contributed by atoms with Gasteiger partial charge in [0.1, 0.15) is 10.8 Å². The van der Waals surface area contributed by atoms with Crippen LogP contribution in [0.25, 0.3) is 22.4 Å². The Morgan fingerprint density at radius 2 is 1.89 bits per heavy atom. The highest BCUT2D eigenvalue weighted by molar-refractivity contribution is 7.15. The molecule has 2 aromatic heterocycles. The van der Waals surface area contributed by atoms with Crippen LogP contribution in [0.2, 0.25) is 0 Å². The SMILES string of the molecule is Cc1nnc(NC(=O)COC(=O)c2ccccc2-c2nc3ccccc3[nH]2)s1. The van der Waals surface area contributed by atoms with Crippen molar-refractivity contribution in [2.24, 2.45) is 0 Å². The quantitative estimate of drug-likeness (QED) is 0.504. The van der Waals surface area contributed by atoms with E-state index in [0.717, 1.165) is 16.0 Å². The summed E-state index contributed by atoms with van der Waals surface area (Å²) in [6, 6.07) is 14.5. The summed E-state index contributed by atoms with van der Waals surface area (Å²) in [5.41, 5.74) is 2.59.